The fourth-order valence-corrected chi connectivity index (χ4v) is 8.99. The van der Waals surface area contributed by atoms with Crippen molar-refractivity contribution in [3.05, 3.63) is 11.6 Å². The molecule has 160 valence electrons. The quantitative estimate of drug-likeness (QED) is 0.347. The van der Waals surface area contributed by atoms with Crippen molar-refractivity contribution in [2.75, 3.05) is 0 Å². The molecule has 4 rings (SSSR count). The molecule has 1 heteroatoms. The van der Waals surface area contributed by atoms with E-state index in [0.717, 1.165) is 35.5 Å². The van der Waals surface area contributed by atoms with Crippen molar-refractivity contribution in [3.8, 4) is 0 Å². The molecule has 0 aromatic rings. The molecule has 0 N–H and O–H groups in total. The summed E-state index contributed by atoms with van der Waals surface area (Å²) in [4.78, 5) is 0. The van der Waals surface area contributed by atoms with Crippen LogP contribution in [0, 0.1) is 46.3 Å². The highest BCUT2D eigenvalue weighted by atomic mass is 32.1. The predicted molar refractivity (Wildman–Crippen MR) is 126 cm³/mol. The van der Waals surface area contributed by atoms with Gasteiger partial charge in [-0.1, -0.05) is 65.5 Å². The summed E-state index contributed by atoms with van der Waals surface area (Å²) < 4.78 is 0. The Hall–Kier alpha value is 0.0900. The first-order valence-corrected chi connectivity index (χ1v) is 13.1. The Morgan fingerprint density at radius 2 is 1.79 bits per heavy atom. The molecule has 0 radical (unpaired) electrons. The Morgan fingerprint density at radius 3 is 2.54 bits per heavy atom. The van der Waals surface area contributed by atoms with Crippen molar-refractivity contribution in [2.45, 2.75) is 110 Å². The number of allylic oxidation sites excluding steroid dienone is 2. The Labute approximate surface area is 181 Å². The normalized spacial score (nSPS) is 46.5. The summed E-state index contributed by atoms with van der Waals surface area (Å²) >= 11 is 4.84. The lowest BCUT2D eigenvalue weighted by Gasteiger charge is -2.58. The van der Waals surface area contributed by atoms with Crippen LogP contribution in [0.25, 0.3) is 0 Å². The molecular formula is C27H46S. The molecule has 4 aliphatic rings. The van der Waals surface area contributed by atoms with Crippen molar-refractivity contribution in [2.24, 2.45) is 46.3 Å². The van der Waals surface area contributed by atoms with Gasteiger partial charge in [-0.15, -0.1) is 0 Å². The van der Waals surface area contributed by atoms with E-state index in [0.29, 0.717) is 16.1 Å². The molecule has 3 fully saturated rings. The molecule has 0 amide bonds. The molecular weight excluding hydrogens is 356 g/mol. The van der Waals surface area contributed by atoms with Crippen molar-refractivity contribution < 1.29 is 0 Å². The van der Waals surface area contributed by atoms with Crippen molar-refractivity contribution >= 4 is 12.6 Å². The molecule has 0 aliphatic heterocycles. The van der Waals surface area contributed by atoms with Gasteiger partial charge in [-0.05, 0) is 97.7 Å². The van der Waals surface area contributed by atoms with Crippen molar-refractivity contribution in [1.29, 1.82) is 0 Å². The first kappa shape index (κ1) is 21.3. The molecule has 0 nitrogen and oxygen atoms in total. The van der Waals surface area contributed by atoms with E-state index in [9.17, 15) is 0 Å². The third-order valence-electron chi connectivity index (χ3n) is 10.3. The number of thiol groups is 1. The van der Waals surface area contributed by atoms with E-state index in [4.69, 9.17) is 12.6 Å². The minimum absolute atomic E-state index is 0.504. The van der Waals surface area contributed by atoms with Crippen LogP contribution in [0.3, 0.4) is 0 Å². The summed E-state index contributed by atoms with van der Waals surface area (Å²) in [5, 5.41) is 0.618. The molecule has 0 aromatic heterocycles. The third-order valence-corrected chi connectivity index (χ3v) is 10.7. The second kappa shape index (κ2) is 7.97. The summed E-state index contributed by atoms with van der Waals surface area (Å²) in [6.45, 7) is 12.7. The zero-order valence-corrected chi connectivity index (χ0v) is 20.2. The van der Waals surface area contributed by atoms with Crippen LogP contribution in [0.1, 0.15) is 105 Å². The van der Waals surface area contributed by atoms with Gasteiger partial charge >= 0.3 is 0 Å². The number of fused-ring (bicyclic) bond motifs is 5. The maximum Gasteiger partial charge on any atom is 0.00545 e. The maximum absolute atomic E-state index is 4.84. The molecule has 0 aromatic carbocycles. The highest BCUT2D eigenvalue weighted by Crippen LogP contribution is 2.67. The first-order valence-electron chi connectivity index (χ1n) is 12.6. The van der Waals surface area contributed by atoms with E-state index in [2.05, 4.69) is 40.7 Å². The monoisotopic (exact) mass is 402 g/mol. The van der Waals surface area contributed by atoms with E-state index in [1.165, 1.54) is 70.6 Å². The van der Waals surface area contributed by atoms with E-state index in [-0.39, 0.29) is 0 Å². The van der Waals surface area contributed by atoms with E-state index >= 15 is 0 Å². The third kappa shape index (κ3) is 3.54. The molecule has 0 heterocycles. The zero-order valence-electron chi connectivity index (χ0n) is 19.3. The molecule has 0 spiro atoms. The van der Waals surface area contributed by atoms with Gasteiger partial charge in [-0.25, -0.2) is 0 Å². The highest BCUT2D eigenvalue weighted by molar-refractivity contribution is 7.80. The minimum Gasteiger partial charge on any atom is -0.176 e. The highest BCUT2D eigenvalue weighted by Gasteiger charge is 2.58. The number of hydrogen-bond acceptors (Lipinski definition) is 1. The van der Waals surface area contributed by atoms with Crippen LogP contribution in [0.15, 0.2) is 11.6 Å². The van der Waals surface area contributed by atoms with E-state index in [1.807, 2.05) is 0 Å². The Balaban J connectivity index is 1.49. The Morgan fingerprint density at radius 1 is 1.00 bits per heavy atom. The largest absolute Gasteiger partial charge is 0.176 e. The van der Waals surface area contributed by atoms with E-state index in [1.54, 1.807) is 5.57 Å². The first-order chi connectivity index (χ1) is 13.3. The van der Waals surface area contributed by atoms with Crippen molar-refractivity contribution in [1.82, 2.24) is 0 Å². The minimum atomic E-state index is 0.504. The summed E-state index contributed by atoms with van der Waals surface area (Å²) in [7, 11) is 0. The van der Waals surface area contributed by atoms with Gasteiger partial charge in [0.2, 0.25) is 0 Å². The molecule has 0 bridgehead atoms. The fraction of sp³-hybridized carbons (Fsp3) is 0.926. The summed E-state index contributed by atoms with van der Waals surface area (Å²) in [6, 6.07) is 0. The average Bonchev–Trinajstić information content (AvgIpc) is 2.99. The summed E-state index contributed by atoms with van der Waals surface area (Å²) in [6.07, 6.45) is 18.4. The fourth-order valence-electron chi connectivity index (χ4n) is 8.67. The van der Waals surface area contributed by atoms with Gasteiger partial charge in [0.15, 0.2) is 0 Å². The van der Waals surface area contributed by atoms with Crippen LogP contribution in [0.2, 0.25) is 0 Å². The van der Waals surface area contributed by atoms with Crippen LogP contribution in [-0.4, -0.2) is 5.25 Å². The Bertz CT molecular complexity index is 591. The Kier molecular flexibility index (Phi) is 6.07. The van der Waals surface area contributed by atoms with Crippen LogP contribution in [0.4, 0.5) is 0 Å². The number of hydrogen-bond donors (Lipinski definition) is 1. The van der Waals surface area contributed by atoms with Gasteiger partial charge in [-0.3, -0.25) is 0 Å². The molecule has 0 saturated heterocycles. The second-order valence-electron chi connectivity index (χ2n) is 12.2. The molecule has 0 unspecified atom stereocenters. The second-order valence-corrected chi connectivity index (χ2v) is 12.9. The average molecular weight is 403 g/mol. The predicted octanol–water partition coefficient (Wildman–Crippen LogP) is 8.33. The van der Waals surface area contributed by atoms with Gasteiger partial charge < -0.3 is 0 Å². The topological polar surface area (TPSA) is 0 Å². The van der Waals surface area contributed by atoms with Gasteiger partial charge in [0.05, 0.1) is 0 Å². The molecule has 8 atom stereocenters. The lowest BCUT2D eigenvalue weighted by atomic mass is 9.47. The smallest absolute Gasteiger partial charge is 0.00545 e. The SMILES string of the molecule is CC(C)CCC[C@H](C)[C@@H]1CC[C@H]2[C@H]3CC=C4C[C@@H](S)CC[C@]4(C)[C@@H]3CC[C@@]21C. The van der Waals surface area contributed by atoms with Crippen molar-refractivity contribution in [3.63, 3.8) is 0 Å². The number of rotatable bonds is 5. The van der Waals surface area contributed by atoms with Crippen LogP contribution >= 0.6 is 12.6 Å². The van der Waals surface area contributed by atoms with Crippen LogP contribution < -0.4 is 0 Å². The molecule has 28 heavy (non-hydrogen) atoms. The maximum atomic E-state index is 4.84. The van der Waals surface area contributed by atoms with Gasteiger partial charge in [-0.2, -0.15) is 12.6 Å². The zero-order chi connectivity index (χ0) is 20.1. The van der Waals surface area contributed by atoms with E-state index < -0.39 is 0 Å². The lowest BCUT2D eigenvalue weighted by Crippen LogP contribution is -2.50. The summed E-state index contributed by atoms with van der Waals surface area (Å²) in [5.41, 5.74) is 2.92. The van der Waals surface area contributed by atoms with Gasteiger partial charge in [0, 0.05) is 5.25 Å². The van der Waals surface area contributed by atoms with Gasteiger partial charge in [0.25, 0.3) is 0 Å². The van der Waals surface area contributed by atoms with Gasteiger partial charge in [0.1, 0.15) is 0 Å². The van der Waals surface area contributed by atoms with Crippen LogP contribution in [-0.2, 0) is 0 Å². The summed E-state index contributed by atoms with van der Waals surface area (Å²) in [5.74, 6) is 5.70. The standard InChI is InChI=1S/C27H46S/c1-18(2)7-6-8-19(3)23-11-12-24-22-10-9-20-17-21(28)13-15-26(20,4)25(22)14-16-27(23,24)5/h9,18-19,21-25,28H,6-8,10-17H2,1-5H3/t19-,21-,22+,23-,24-,25+,26-,27+/m0/s1. The van der Waals surface area contributed by atoms with Crippen LogP contribution in [0.5, 0.6) is 0 Å². The lowest BCUT2D eigenvalue weighted by molar-refractivity contribution is -0.0497. The molecule has 4 aliphatic carbocycles. The molecule has 3 saturated carbocycles.